The van der Waals surface area contributed by atoms with E-state index in [1.807, 2.05) is 66.7 Å². The molecule has 3 aromatic carbocycles. The quantitative estimate of drug-likeness (QED) is 0.425. The van der Waals surface area contributed by atoms with Gasteiger partial charge in [0.15, 0.2) is 5.82 Å². The van der Waals surface area contributed by atoms with Crippen molar-refractivity contribution in [3.05, 3.63) is 95.2 Å². The van der Waals surface area contributed by atoms with Crippen molar-refractivity contribution in [3.8, 4) is 0 Å². The SMILES string of the molecule is NC(=O)c1ccccc1C1CC(c2cc(NC(=O)Cc3cccc4ccccc34)n[nH]2)C1. The molecule has 6 heteroatoms. The van der Waals surface area contributed by atoms with Crippen LogP contribution in [0.25, 0.3) is 10.8 Å². The molecule has 4 N–H and O–H groups in total. The molecule has 1 heterocycles. The van der Waals surface area contributed by atoms with Gasteiger partial charge in [0, 0.05) is 23.2 Å². The summed E-state index contributed by atoms with van der Waals surface area (Å²) >= 11 is 0. The Bertz CT molecular complexity index is 1300. The van der Waals surface area contributed by atoms with Crippen molar-refractivity contribution in [3.63, 3.8) is 0 Å². The highest BCUT2D eigenvalue weighted by molar-refractivity contribution is 5.96. The highest BCUT2D eigenvalue weighted by Crippen LogP contribution is 2.48. The third-order valence-corrected chi connectivity index (χ3v) is 6.34. The fourth-order valence-electron chi connectivity index (χ4n) is 4.62. The Morgan fingerprint density at radius 1 is 0.969 bits per heavy atom. The normalized spacial score (nSPS) is 17.6. The number of benzene rings is 3. The lowest BCUT2D eigenvalue weighted by Crippen LogP contribution is -2.24. The standard InChI is InChI=1S/C26H24N4O2/c27-26(32)22-11-4-3-10-21(22)18-12-19(13-18)23-15-24(30-29-23)28-25(31)14-17-8-5-7-16-6-1-2-9-20(16)17/h1-11,15,18-19H,12-14H2,(H2,27,32)(H2,28,29,30,31). The zero-order valence-electron chi connectivity index (χ0n) is 17.5. The predicted octanol–water partition coefficient (Wildman–Crippen LogP) is 4.50. The van der Waals surface area contributed by atoms with Gasteiger partial charge in [0.1, 0.15) is 0 Å². The first-order valence-corrected chi connectivity index (χ1v) is 10.8. The number of hydrogen-bond donors (Lipinski definition) is 3. The Labute approximate surface area is 185 Å². The highest BCUT2D eigenvalue weighted by Gasteiger charge is 2.34. The van der Waals surface area contributed by atoms with Crippen LogP contribution in [0.4, 0.5) is 5.82 Å². The van der Waals surface area contributed by atoms with Crippen LogP contribution in [0.3, 0.4) is 0 Å². The first kappa shape index (κ1) is 20.0. The molecule has 6 nitrogen and oxygen atoms in total. The Kier molecular flexibility index (Phi) is 5.19. The molecule has 2 amide bonds. The number of primary amides is 1. The topological polar surface area (TPSA) is 101 Å². The Balaban J connectivity index is 1.22. The third kappa shape index (κ3) is 3.87. The first-order valence-electron chi connectivity index (χ1n) is 10.8. The summed E-state index contributed by atoms with van der Waals surface area (Å²) in [6.45, 7) is 0. The molecule has 1 aliphatic carbocycles. The van der Waals surface area contributed by atoms with E-state index in [1.165, 1.54) is 0 Å². The monoisotopic (exact) mass is 424 g/mol. The van der Waals surface area contributed by atoms with Gasteiger partial charge in [-0.05, 0) is 46.7 Å². The van der Waals surface area contributed by atoms with Gasteiger partial charge in [-0.2, -0.15) is 5.10 Å². The van der Waals surface area contributed by atoms with E-state index in [1.54, 1.807) is 6.07 Å². The lowest BCUT2D eigenvalue weighted by atomic mass is 9.69. The molecule has 5 rings (SSSR count). The minimum atomic E-state index is -0.387. The summed E-state index contributed by atoms with van der Waals surface area (Å²) in [6.07, 6.45) is 2.12. The molecule has 0 atom stereocenters. The number of carbonyl (C=O) groups excluding carboxylic acids is 2. The summed E-state index contributed by atoms with van der Waals surface area (Å²) < 4.78 is 0. The maximum absolute atomic E-state index is 12.6. The maximum Gasteiger partial charge on any atom is 0.248 e. The van der Waals surface area contributed by atoms with Gasteiger partial charge in [0.05, 0.1) is 6.42 Å². The van der Waals surface area contributed by atoms with Gasteiger partial charge in [-0.1, -0.05) is 60.7 Å². The highest BCUT2D eigenvalue weighted by atomic mass is 16.2. The molecule has 1 saturated carbocycles. The molecule has 0 radical (unpaired) electrons. The van der Waals surface area contributed by atoms with Crippen LogP contribution < -0.4 is 11.1 Å². The molecule has 1 aromatic heterocycles. The van der Waals surface area contributed by atoms with Gasteiger partial charge in [-0.3, -0.25) is 14.7 Å². The minimum Gasteiger partial charge on any atom is -0.366 e. The second-order valence-corrected chi connectivity index (χ2v) is 8.39. The van der Waals surface area contributed by atoms with Crippen molar-refractivity contribution in [2.45, 2.75) is 31.1 Å². The number of aromatic amines is 1. The zero-order valence-corrected chi connectivity index (χ0v) is 17.5. The van der Waals surface area contributed by atoms with Crippen LogP contribution in [0, 0.1) is 0 Å². The van der Waals surface area contributed by atoms with E-state index in [9.17, 15) is 9.59 Å². The molecule has 0 bridgehead atoms. The smallest absolute Gasteiger partial charge is 0.248 e. The Morgan fingerprint density at radius 3 is 2.56 bits per heavy atom. The zero-order chi connectivity index (χ0) is 22.1. The number of anilines is 1. The number of rotatable bonds is 6. The lowest BCUT2D eigenvalue weighted by Gasteiger charge is -2.35. The van der Waals surface area contributed by atoms with Crippen molar-refractivity contribution < 1.29 is 9.59 Å². The van der Waals surface area contributed by atoms with E-state index >= 15 is 0 Å². The lowest BCUT2D eigenvalue weighted by molar-refractivity contribution is -0.115. The predicted molar refractivity (Wildman–Crippen MR) is 125 cm³/mol. The van der Waals surface area contributed by atoms with Crippen LogP contribution in [-0.2, 0) is 11.2 Å². The molecular weight excluding hydrogens is 400 g/mol. The van der Waals surface area contributed by atoms with E-state index in [4.69, 9.17) is 5.73 Å². The van der Waals surface area contributed by atoms with E-state index in [-0.39, 0.29) is 11.8 Å². The average molecular weight is 425 g/mol. The number of amides is 2. The van der Waals surface area contributed by atoms with Gasteiger partial charge in [-0.15, -0.1) is 0 Å². The van der Waals surface area contributed by atoms with Gasteiger partial charge in [0.25, 0.3) is 0 Å². The summed E-state index contributed by atoms with van der Waals surface area (Å²) in [4.78, 5) is 24.3. The third-order valence-electron chi connectivity index (χ3n) is 6.34. The van der Waals surface area contributed by atoms with Crippen molar-refractivity contribution >= 4 is 28.4 Å². The largest absolute Gasteiger partial charge is 0.366 e. The summed E-state index contributed by atoms with van der Waals surface area (Å²) in [5.74, 6) is 0.669. The molecule has 0 saturated heterocycles. The second-order valence-electron chi connectivity index (χ2n) is 8.39. The van der Waals surface area contributed by atoms with Crippen LogP contribution in [0.15, 0.2) is 72.8 Å². The average Bonchev–Trinajstić information content (AvgIpc) is 3.21. The van der Waals surface area contributed by atoms with Crippen LogP contribution in [0.5, 0.6) is 0 Å². The molecule has 0 aliphatic heterocycles. The first-order chi connectivity index (χ1) is 15.6. The maximum atomic E-state index is 12.6. The molecule has 1 fully saturated rings. The van der Waals surface area contributed by atoms with Crippen LogP contribution in [0.1, 0.15) is 51.9 Å². The molecule has 0 unspecified atom stereocenters. The minimum absolute atomic E-state index is 0.0960. The fraction of sp³-hybridized carbons (Fsp3) is 0.192. The number of hydrogen-bond acceptors (Lipinski definition) is 3. The molecule has 4 aromatic rings. The summed E-state index contributed by atoms with van der Waals surface area (Å²) in [5, 5.41) is 12.4. The van der Waals surface area contributed by atoms with Gasteiger partial charge >= 0.3 is 0 Å². The number of nitrogens with two attached hydrogens (primary N) is 1. The molecule has 0 spiro atoms. The van der Waals surface area contributed by atoms with Crippen molar-refractivity contribution in [1.82, 2.24) is 10.2 Å². The molecule has 1 aliphatic rings. The van der Waals surface area contributed by atoms with Crippen molar-refractivity contribution in [1.29, 1.82) is 0 Å². The summed E-state index contributed by atoms with van der Waals surface area (Å²) in [5.41, 5.74) is 9.12. The number of nitrogens with one attached hydrogen (secondary N) is 2. The number of nitrogens with zero attached hydrogens (tertiary/aromatic N) is 1. The van der Waals surface area contributed by atoms with Gasteiger partial charge in [0.2, 0.25) is 11.8 Å². The van der Waals surface area contributed by atoms with Crippen LogP contribution in [-0.4, -0.2) is 22.0 Å². The number of fused-ring (bicyclic) bond motifs is 1. The number of H-pyrrole nitrogens is 1. The van der Waals surface area contributed by atoms with Crippen molar-refractivity contribution in [2.24, 2.45) is 5.73 Å². The Morgan fingerprint density at radius 2 is 1.72 bits per heavy atom. The second kappa shape index (κ2) is 8.30. The number of aromatic nitrogens is 2. The molecular formula is C26H24N4O2. The van der Waals surface area contributed by atoms with Gasteiger partial charge < -0.3 is 11.1 Å². The molecule has 32 heavy (non-hydrogen) atoms. The number of carbonyl (C=O) groups is 2. The van der Waals surface area contributed by atoms with E-state index < -0.39 is 0 Å². The van der Waals surface area contributed by atoms with Crippen LogP contribution in [0.2, 0.25) is 0 Å². The summed E-state index contributed by atoms with van der Waals surface area (Å²) in [6, 6.07) is 23.5. The summed E-state index contributed by atoms with van der Waals surface area (Å²) in [7, 11) is 0. The van der Waals surface area contributed by atoms with E-state index in [2.05, 4.69) is 15.5 Å². The van der Waals surface area contributed by atoms with Gasteiger partial charge in [-0.25, -0.2) is 0 Å². The Hall–Kier alpha value is -3.93. The van der Waals surface area contributed by atoms with Crippen molar-refractivity contribution in [2.75, 3.05) is 5.32 Å². The molecule has 160 valence electrons. The fourth-order valence-corrected chi connectivity index (χ4v) is 4.62. The van der Waals surface area contributed by atoms with E-state index in [0.29, 0.717) is 29.6 Å². The van der Waals surface area contributed by atoms with E-state index in [0.717, 1.165) is 40.4 Å². The van der Waals surface area contributed by atoms with Crippen LogP contribution >= 0.6 is 0 Å².